The fourth-order valence-electron chi connectivity index (χ4n) is 3.20. The number of nitrogens with one attached hydrogen (secondary N) is 2. The van der Waals surface area contributed by atoms with Gasteiger partial charge in [0.05, 0.1) is 26.0 Å². The first-order valence-electron chi connectivity index (χ1n) is 9.07. The van der Waals surface area contributed by atoms with Crippen LogP contribution in [0.2, 0.25) is 0 Å². The number of ether oxygens (including phenoxy) is 1. The van der Waals surface area contributed by atoms with Crippen molar-refractivity contribution in [3.05, 3.63) is 65.4 Å². The molecule has 6 heteroatoms. The van der Waals surface area contributed by atoms with Crippen molar-refractivity contribution in [2.45, 2.75) is 30.7 Å². The second-order valence-electron chi connectivity index (χ2n) is 6.71. The Bertz CT molecular complexity index is 979. The van der Waals surface area contributed by atoms with Crippen LogP contribution in [-0.2, 0) is 20.7 Å². The molecule has 0 saturated heterocycles. The fraction of sp³-hybridized carbons (Fsp3) is 0.273. The van der Waals surface area contributed by atoms with Gasteiger partial charge in [-0.05, 0) is 48.1 Å². The molecule has 146 valence electrons. The quantitative estimate of drug-likeness (QED) is 0.465. The first-order chi connectivity index (χ1) is 13.5. The van der Waals surface area contributed by atoms with Crippen LogP contribution in [0.5, 0.6) is 0 Å². The summed E-state index contributed by atoms with van der Waals surface area (Å²) in [5.41, 5.74) is 3.99. The normalized spacial score (nSPS) is 12.0. The Morgan fingerprint density at radius 3 is 2.61 bits per heavy atom. The molecule has 0 aliphatic heterocycles. The minimum atomic E-state index is -0.427. The van der Waals surface area contributed by atoms with E-state index in [4.69, 9.17) is 4.74 Å². The number of carbonyl (C=O) groups excluding carboxylic acids is 2. The number of carbonyl (C=O) groups is 2. The van der Waals surface area contributed by atoms with Crippen molar-refractivity contribution in [1.82, 2.24) is 10.3 Å². The minimum Gasteiger partial charge on any atom is -0.469 e. The predicted octanol–water partition coefficient (Wildman–Crippen LogP) is 4.16. The number of benzene rings is 2. The van der Waals surface area contributed by atoms with E-state index >= 15 is 0 Å². The number of aromatic nitrogens is 1. The van der Waals surface area contributed by atoms with Crippen molar-refractivity contribution < 1.29 is 14.3 Å². The third-order valence-corrected chi connectivity index (χ3v) is 5.47. The topological polar surface area (TPSA) is 71.2 Å². The van der Waals surface area contributed by atoms with Crippen molar-refractivity contribution in [2.75, 3.05) is 13.4 Å². The van der Waals surface area contributed by atoms with E-state index in [2.05, 4.69) is 16.4 Å². The lowest BCUT2D eigenvalue weighted by atomic mass is 10.0. The van der Waals surface area contributed by atoms with Crippen LogP contribution in [0.3, 0.4) is 0 Å². The zero-order valence-corrected chi connectivity index (χ0v) is 17.1. The summed E-state index contributed by atoms with van der Waals surface area (Å²) in [6.07, 6.45) is 4.20. The summed E-state index contributed by atoms with van der Waals surface area (Å²) in [5, 5.41) is 4.03. The Balaban J connectivity index is 1.76. The highest BCUT2D eigenvalue weighted by atomic mass is 32.2. The maximum absolute atomic E-state index is 12.7. The second-order valence-corrected chi connectivity index (χ2v) is 7.59. The summed E-state index contributed by atoms with van der Waals surface area (Å²) in [6.45, 7) is 2.03. The summed E-state index contributed by atoms with van der Waals surface area (Å²) in [7, 11) is 1.35. The van der Waals surface area contributed by atoms with Crippen LogP contribution in [0.4, 0.5) is 0 Å². The van der Waals surface area contributed by atoms with E-state index in [-0.39, 0.29) is 24.7 Å². The Hall–Kier alpha value is -2.73. The van der Waals surface area contributed by atoms with Crippen LogP contribution in [0.1, 0.15) is 29.2 Å². The first-order valence-corrected chi connectivity index (χ1v) is 10.3. The SMILES string of the molecule is COC(=O)CC(NC(=O)Cc1c[nH]c2cc(C)ccc12)c1ccc(SC)cc1. The number of aromatic amines is 1. The number of esters is 1. The third kappa shape index (κ3) is 4.75. The van der Waals surface area contributed by atoms with E-state index in [9.17, 15) is 9.59 Å². The van der Waals surface area contributed by atoms with Crippen LogP contribution in [0.15, 0.2) is 53.6 Å². The molecule has 0 aliphatic carbocycles. The zero-order valence-electron chi connectivity index (χ0n) is 16.2. The van der Waals surface area contributed by atoms with Crippen LogP contribution < -0.4 is 5.32 Å². The number of hydrogen-bond donors (Lipinski definition) is 2. The predicted molar refractivity (Wildman–Crippen MR) is 112 cm³/mol. The fourth-order valence-corrected chi connectivity index (χ4v) is 3.61. The van der Waals surface area contributed by atoms with Gasteiger partial charge in [-0.25, -0.2) is 0 Å². The molecule has 1 heterocycles. The summed E-state index contributed by atoms with van der Waals surface area (Å²) in [5.74, 6) is -0.494. The number of aryl methyl sites for hydroxylation is 1. The Morgan fingerprint density at radius 2 is 1.93 bits per heavy atom. The van der Waals surface area contributed by atoms with Gasteiger partial charge < -0.3 is 15.0 Å². The van der Waals surface area contributed by atoms with Crippen LogP contribution in [0.25, 0.3) is 10.9 Å². The molecule has 2 aromatic carbocycles. The van der Waals surface area contributed by atoms with Crippen molar-refractivity contribution in [3.63, 3.8) is 0 Å². The number of methoxy groups -OCH3 is 1. The van der Waals surface area contributed by atoms with Gasteiger partial charge in [-0.3, -0.25) is 9.59 Å². The number of amides is 1. The minimum absolute atomic E-state index is 0.0912. The molecule has 2 N–H and O–H groups in total. The van der Waals surface area contributed by atoms with Crippen molar-refractivity contribution in [1.29, 1.82) is 0 Å². The van der Waals surface area contributed by atoms with Gasteiger partial charge in [0.25, 0.3) is 0 Å². The maximum Gasteiger partial charge on any atom is 0.307 e. The summed E-state index contributed by atoms with van der Waals surface area (Å²) in [4.78, 5) is 28.9. The Labute approximate surface area is 168 Å². The molecular formula is C22H24N2O3S. The summed E-state index contributed by atoms with van der Waals surface area (Å²) in [6, 6.07) is 13.5. The van der Waals surface area contributed by atoms with Crippen molar-refractivity contribution in [3.8, 4) is 0 Å². The highest BCUT2D eigenvalue weighted by Gasteiger charge is 2.20. The van der Waals surface area contributed by atoms with Gasteiger partial charge in [0.1, 0.15) is 0 Å². The van der Waals surface area contributed by atoms with E-state index in [1.165, 1.54) is 7.11 Å². The van der Waals surface area contributed by atoms with Gasteiger partial charge in [-0.15, -0.1) is 11.8 Å². The van der Waals surface area contributed by atoms with Gasteiger partial charge in [0, 0.05) is 22.0 Å². The monoisotopic (exact) mass is 396 g/mol. The molecule has 1 atom stereocenters. The number of thioether (sulfide) groups is 1. The molecule has 1 aromatic heterocycles. The van der Waals surface area contributed by atoms with Gasteiger partial charge in [0.15, 0.2) is 0 Å². The lowest BCUT2D eigenvalue weighted by molar-refractivity contribution is -0.141. The largest absolute Gasteiger partial charge is 0.469 e. The highest BCUT2D eigenvalue weighted by molar-refractivity contribution is 7.98. The molecule has 1 unspecified atom stereocenters. The Morgan fingerprint density at radius 1 is 1.18 bits per heavy atom. The van der Waals surface area contributed by atoms with E-state index < -0.39 is 6.04 Å². The molecule has 0 aliphatic rings. The molecule has 0 saturated carbocycles. The van der Waals surface area contributed by atoms with Gasteiger partial charge >= 0.3 is 5.97 Å². The maximum atomic E-state index is 12.7. The van der Waals surface area contributed by atoms with Crippen LogP contribution >= 0.6 is 11.8 Å². The summed E-state index contributed by atoms with van der Waals surface area (Å²) < 4.78 is 4.80. The second kappa shape index (κ2) is 8.97. The van der Waals surface area contributed by atoms with Crippen molar-refractivity contribution in [2.24, 2.45) is 0 Å². The molecule has 0 bridgehead atoms. The molecule has 0 spiro atoms. The van der Waals surface area contributed by atoms with E-state index in [0.717, 1.165) is 32.5 Å². The van der Waals surface area contributed by atoms with E-state index in [1.54, 1.807) is 11.8 Å². The molecule has 28 heavy (non-hydrogen) atoms. The number of hydrogen-bond acceptors (Lipinski definition) is 4. The average Bonchev–Trinajstić information content (AvgIpc) is 3.09. The molecule has 1 amide bonds. The molecule has 0 fully saturated rings. The number of rotatable bonds is 7. The van der Waals surface area contributed by atoms with E-state index in [1.807, 2.05) is 55.8 Å². The number of H-pyrrole nitrogens is 1. The number of fused-ring (bicyclic) bond motifs is 1. The molecule has 0 radical (unpaired) electrons. The smallest absolute Gasteiger partial charge is 0.307 e. The standard InChI is InChI=1S/C22H24N2O3S/c1-14-4-9-18-16(13-23-20(18)10-14)11-21(25)24-19(12-22(26)27-2)15-5-7-17(28-3)8-6-15/h4-10,13,19,23H,11-12H2,1-3H3,(H,24,25). The molecule has 3 rings (SSSR count). The zero-order chi connectivity index (χ0) is 20.1. The van der Waals surface area contributed by atoms with Crippen LogP contribution in [-0.4, -0.2) is 30.2 Å². The van der Waals surface area contributed by atoms with Crippen LogP contribution in [0, 0.1) is 6.92 Å². The first kappa shape index (κ1) is 20.0. The van der Waals surface area contributed by atoms with Gasteiger partial charge in [-0.1, -0.05) is 24.3 Å². The third-order valence-electron chi connectivity index (χ3n) is 4.73. The molecule has 3 aromatic rings. The average molecular weight is 397 g/mol. The van der Waals surface area contributed by atoms with Gasteiger partial charge in [-0.2, -0.15) is 0 Å². The van der Waals surface area contributed by atoms with Gasteiger partial charge in [0.2, 0.25) is 5.91 Å². The lowest BCUT2D eigenvalue weighted by Gasteiger charge is -2.18. The summed E-state index contributed by atoms with van der Waals surface area (Å²) >= 11 is 1.64. The highest BCUT2D eigenvalue weighted by Crippen LogP contribution is 2.23. The Kier molecular flexibility index (Phi) is 6.41. The molecular weight excluding hydrogens is 372 g/mol. The van der Waals surface area contributed by atoms with Crippen molar-refractivity contribution >= 4 is 34.5 Å². The lowest BCUT2D eigenvalue weighted by Crippen LogP contribution is -2.31. The van der Waals surface area contributed by atoms with E-state index in [0.29, 0.717) is 0 Å². The molecule has 5 nitrogen and oxygen atoms in total.